The van der Waals surface area contributed by atoms with Gasteiger partial charge in [0.1, 0.15) is 12.2 Å². The highest BCUT2D eigenvalue weighted by Gasteiger charge is 2.20. The monoisotopic (exact) mass is 269 g/mol. The fourth-order valence-electron chi connectivity index (χ4n) is 1.58. The van der Waals surface area contributed by atoms with Gasteiger partial charge in [0, 0.05) is 12.6 Å². The highest BCUT2D eigenvalue weighted by Crippen LogP contribution is 2.03. The van der Waals surface area contributed by atoms with E-state index in [0.717, 1.165) is 11.0 Å². The summed E-state index contributed by atoms with van der Waals surface area (Å²) in [6.45, 7) is 3.36. The van der Waals surface area contributed by atoms with Crippen molar-refractivity contribution in [3.8, 4) is 0 Å². The van der Waals surface area contributed by atoms with Crippen molar-refractivity contribution < 1.29 is 14.7 Å². The number of carboxylic acid groups (broad SMARTS) is 1. The third kappa shape index (κ3) is 4.41. The van der Waals surface area contributed by atoms with Gasteiger partial charge in [0.05, 0.1) is 0 Å². The molecule has 104 valence electrons. The molecule has 19 heavy (non-hydrogen) atoms. The van der Waals surface area contributed by atoms with Crippen molar-refractivity contribution in [1.29, 1.82) is 0 Å². The van der Waals surface area contributed by atoms with Crippen LogP contribution in [0.4, 0.5) is 0 Å². The van der Waals surface area contributed by atoms with Gasteiger partial charge in [0.25, 0.3) is 11.5 Å². The van der Waals surface area contributed by atoms with Crippen LogP contribution in [0.3, 0.4) is 0 Å². The average molecular weight is 269 g/mol. The molecule has 0 saturated carbocycles. The Labute approximate surface area is 108 Å². The fourth-order valence-corrected chi connectivity index (χ4v) is 1.58. The zero-order valence-corrected chi connectivity index (χ0v) is 10.6. The number of aromatic amines is 2. The minimum absolute atomic E-state index is 0.0528. The number of hydrogen-bond acceptors (Lipinski definition) is 4. The molecular weight excluding hydrogens is 254 g/mol. The maximum Gasteiger partial charge on any atom is 0.326 e. The van der Waals surface area contributed by atoms with E-state index in [1.807, 2.05) is 18.8 Å². The molecule has 0 fully saturated rings. The van der Waals surface area contributed by atoms with E-state index in [1.165, 1.54) is 0 Å². The van der Waals surface area contributed by atoms with Gasteiger partial charge in [-0.2, -0.15) is 0 Å². The lowest BCUT2D eigenvalue weighted by Crippen LogP contribution is -2.40. The second kappa shape index (κ2) is 5.98. The Balaban J connectivity index is 3.07. The first kappa shape index (κ1) is 14.7. The minimum atomic E-state index is -1.17. The molecule has 0 aliphatic rings. The quantitative estimate of drug-likeness (QED) is 0.648. The molecule has 0 saturated heterocycles. The number of rotatable bonds is 5. The maximum absolute atomic E-state index is 12.1. The normalized spacial score (nSPS) is 10.5. The summed E-state index contributed by atoms with van der Waals surface area (Å²) in [5.74, 6) is -1.81. The molecule has 1 aromatic rings. The molecule has 0 atom stereocenters. The number of carboxylic acids is 1. The molecule has 1 amide bonds. The number of aliphatic carboxylic acids is 1. The lowest BCUT2D eigenvalue weighted by atomic mass is 10.2. The number of aromatic nitrogens is 2. The minimum Gasteiger partial charge on any atom is -0.480 e. The smallest absolute Gasteiger partial charge is 0.326 e. The van der Waals surface area contributed by atoms with E-state index in [0.29, 0.717) is 0 Å². The van der Waals surface area contributed by atoms with Crippen molar-refractivity contribution in [2.24, 2.45) is 5.92 Å². The highest BCUT2D eigenvalue weighted by molar-refractivity contribution is 5.93. The average Bonchev–Trinajstić information content (AvgIpc) is 2.24. The van der Waals surface area contributed by atoms with Gasteiger partial charge in [-0.15, -0.1) is 0 Å². The molecule has 8 nitrogen and oxygen atoms in total. The Morgan fingerprint density at radius 2 is 1.95 bits per heavy atom. The van der Waals surface area contributed by atoms with Crippen molar-refractivity contribution in [3.05, 3.63) is 32.6 Å². The topological polar surface area (TPSA) is 123 Å². The Bertz CT molecular complexity index is 558. The summed E-state index contributed by atoms with van der Waals surface area (Å²) >= 11 is 0. The van der Waals surface area contributed by atoms with Crippen molar-refractivity contribution in [2.45, 2.75) is 13.8 Å². The molecule has 8 heteroatoms. The number of nitrogens with zero attached hydrogens (tertiary/aromatic N) is 1. The van der Waals surface area contributed by atoms with Gasteiger partial charge >= 0.3 is 11.7 Å². The Morgan fingerprint density at radius 3 is 2.42 bits per heavy atom. The molecule has 0 aromatic carbocycles. The van der Waals surface area contributed by atoms with Crippen molar-refractivity contribution >= 4 is 11.9 Å². The van der Waals surface area contributed by atoms with Gasteiger partial charge < -0.3 is 15.0 Å². The second-order valence-corrected chi connectivity index (χ2v) is 4.47. The van der Waals surface area contributed by atoms with Gasteiger partial charge in [-0.25, -0.2) is 4.79 Å². The van der Waals surface area contributed by atoms with Crippen LogP contribution in [-0.2, 0) is 4.79 Å². The standard InChI is InChI=1S/C11H15N3O5/c1-6(2)4-14(5-9(16)17)10(18)7-3-8(15)13-11(19)12-7/h3,6H,4-5H2,1-2H3,(H,16,17)(H2,12,13,15,19). The van der Waals surface area contributed by atoms with Crippen molar-refractivity contribution in [1.82, 2.24) is 14.9 Å². The van der Waals surface area contributed by atoms with Crippen molar-refractivity contribution in [3.63, 3.8) is 0 Å². The van der Waals surface area contributed by atoms with Crippen LogP contribution in [-0.4, -0.2) is 44.9 Å². The van der Waals surface area contributed by atoms with Crippen LogP contribution in [0.15, 0.2) is 15.7 Å². The molecule has 1 aromatic heterocycles. The molecule has 0 bridgehead atoms. The van der Waals surface area contributed by atoms with Crippen molar-refractivity contribution in [2.75, 3.05) is 13.1 Å². The summed E-state index contributed by atoms with van der Waals surface area (Å²) in [6.07, 6.45) is 0. The van der Waals surface area contributed by atoms with E-state index in [1.54, 1.807) is 0 Å². The highest BCUT2D eigenvalue weighted by atomic mass is 16.4. The SMILES string of the molecule is CC(C)CN(CC(=O)O)C(=O)c1cc(=O)[nH]c(=O)[nH]1. The predicted molar refractivity (Wildman–Crippen MR) is 66.1 cm³/mol. The summed E-state index contributed by atoms with van der Waals surface area (Å²) in [4.78, 5) is 50.2. The first-order valence-corrected chi connectivity index (χ1v) is 5.64. The van der Waals surface area contributed by atoms with E-state index < -0.39 is 29.7 Å². The number of H-pyrrole nitrogens is 2. The van der Waals surface area contributed by atoms with Crippen LogP contribution < -0.4 is 11.2 Å². The molecule has 1 heterocycles. The fraction of sp³-hybridized carbons (Fsp3) is 0.455. The molecule has 0 radical (unpaired) electrons. The zero-order valence-electron chi connectivity index (χ0n) is 10.6. The van der Waals surface area contributed by atoms with E-state index >= 15 is 0 Å². The van der Waals surface area contributed by atoms with Crippen LogP contribution in [0.1, 0.15) is 24.3 Å². The number of carbonyl (C=O) groups is 2. The zero-order chi connectivity index (χ0) is 14.6. The summed E-state index contributed by atoms with van der Waals surface area (Å²) < 4.78 is 0. The predicted octanol–water partition coefficient (Wildman–Crippen LogP) is -0.754. The molecule has 0 aliphatic carbocycles. The largest absolute Gasteiger partial charge is 0.480 e. The number of nitrogens with one attached hydrogen (secondary N) is 2. The molecule has 0 aliphatic heterocycles. The molecule has 0 spiro atoms. The summed E-state index contributed by atoms with van der Waals surface area (Å²) in [7, 11) is 0. The van der Waals surface area contributed by atoms with Crippen LogP contribution in [0.5, 0.6) is 0 Å². The van der Waals surface area contributed by atoms with Crippen LogP contribution in [0, 0.1) is 5.92 Å². The Hall–Kier alpha value is -2.38. The van der Waals surface area contributed by atoms with Crippen LogP contribution in [0.2, 0.25) is 0 Å². The Kier molecular flexibility index (Phi) is 4.62. The molecule has 1 rings (SSSR count). The summed E-state index contributed by atoms with van der Waals surface area (Å²) in [5, 5.41) is 8.77. The van der Waals surface area contributed by atoms with Gasteiger partial charge in [0.15, 0.2) is 0 Å². The third-order valence-electron chi connectivity index (χ3n) is 2.19. The lowest BCUT2D eigenvalue weighted by molar-refractivity contribution is -0.137. The number of carbonyl (C=O) groups excluding carboxylic acids is 1. The molecule has 0 unspecified atom stereocenters. The second-order valence-electron chi connectivity index (χ2n) is 4.47. The van der Waals surface area contributed by atoms with Crippen LogP contribution >= 0.6 is 0 Å². The van der Waals surface area contributed by atoms with E-state index in [-0.39, 0.29) is 18.2 Å². The number of amides is 1. The Morgan fingerprint density at radius 1 is 1.32 bits per heavy atom. The molecular formula is C11H15N3O5. The van der Waals surface area contributed by atoms with Gasteiger partial charge in [0.2, 0.25) is 0 Å². The van der Waals surface area contributed by atoms with Crippen LogP contribution in [0.25, 0.3) is 0 Å². The third-order valence-corrected chi connectivity index (χ3v) is 2.19. The first-order chi connectivity index (χ1) is 8.79. The summed E-state index contributed by atoms with van der Waals surface area (Å²) in [5.41, 5.74) is -1.75. The lowest BCUT2D eigenvalue weighted by Gasteiger charge is -2.22. The molecule has 3 N–H and O–H groups in total. The summed E-state index contributed by atoms with van der Waals surface area (Å²) in [6, 6.07) is 0.929. The van der Waals surface area contributed by atoms with Gasteiger partial charge in [-0.1, -0.05) is 13.8 Å². The van der Waals surface area contributed by atoms with Gasteiger partial charge in [-0.3, -0.25) is 19.4 Å². The van der Waals surface area contributed by atoms with E-state index in [9.17, 15) is 19.2 Å². The first-order valence-electron chi connectivity index (χ1n) is 5.64. The van der Waals surface area contributed by atoms with E-state index in [2.05, 4.69) is 4.98 Å². The van der Waals surface area contributed by atoms with Gasteiger partial charge in [-0.05, 0) is 5.92 Å². The maximum atomic E-state index is 12.1. The van der Waals surface area contributed by atoms with E-state index in [4.69, 9.17) is 5.11 Å². The number of hydrogen-bond donors (Lipinski definition) is 3.